The largest absolute Gasteiger partial charge is 0.497 e. The number of ether oxygens (including phenoxy) is 5. The lowest BCUT2D eigenvalue weighted by atomic mass is 10.00. The van der Waals surface area contributed by atoms with Crippen molar-refractivity contribution < 1.29 is 38.4 Å². The number of methoxy groups -OCH3 is 4. The van der Waals surface area contributed by atoms with Gasteiger partial charge in [-0.3, -0.25) is 0 Å². The summed E-state index contributed by atoms with van der Waals surface area (Å²) in [7, 11) is 10.1. The molecule has 0 bridgehead atoms. The van der Waals surface area contributed by atoms with Crippen LogP contribution in [-0.4, -0.2) is 69.0 Å². The van der Waals surface area contributed by atoms with Crippen molar-refractivity contribution in [2.45, 2.75) is 0 Å². The highest BCUT2D eigenvalue weighted by Crippen LogP contribution is 2.42. The highest BCUT2D eigenvalue weighted by molar-refractivity contribution is 6.17. The van der Waals surface area contributed by atoms with Crippen LogP contribution in [0.3, 0.4) is 0 Å². The van der Waals surface area contributed by atoms with E-state index in [9.17, 15) is 14.7 Å². The third-order valence-corrected chi connectivity index (χ3v) is 8.75. The molecular formula is C38H33N3O8. The molecule has 248 valence electrons. The second kappa shape index (κ2) is 12.0. The molecular weight excluding hydrogens is 626 g/mol. The van der Waals surface area contributed by atoms with Crippen LogP contribution in [0.25, 0.3) is 54.7 Å². The molecule has 11 nitrogen and oxygen atoms in total. The summed E-state index contributed by atoms with van der Waals surface area (Å²) < 4.78 is 31.0. The highest BCUT2D eigenvalue weighted by atomic mass is 16.6. The van der Waals surface area contributed by atoms with E-state index in [1.807, 2.05) is 55.4 Å². The Labute approximate surface area is 280 Å². The maximum atomic E-state index is 14.1. The average molecular weight is 660 g/mol. The summed E-state index contributed by atoms with van der Waals surface area (Å²) in [5.41, 5.74) is 4.13. The number of fused-ring (bicyclic) bond motifs is 6. The summed E-state index contributed by atoms with van der Waals surface area (Å²) in [6, 6.07) is 25.2. The van der Waals surface area contributed by atoms with Crippen molar-refractivity contribution >= 4 is 61.5 Å². The molecule has 11 heteroatoms. The Hall–Kier alpha value is -6.36. The number of benzene rings is 5. The molecule has 0 unspecified atom stereocenters. The highest BCUT2D eigenvalue weighted by Gasteiger charge is 2.24. The Morgan fingerprint density at radius 1 is 0.571 bits per heavy atom. The lowest BCUT2D eigenvalue weighted by Crippen LogP contribution is -2.17. The summed E-state index contributed by atoms with van der Waals surface area (Å²) in [5, 5.41) is 13.4. The summed E-state index contributed by atoms with van der Waals surface area (Å²) in [5.74, 6) is 2.67. The molecule has 7 aromatic rings. The van der Waals surface area contributed by atoms with Gasteiger partial charge in [-0.15, -0.1) is 0 Å². The first-order valence-corrected chi connectivity index (χ1v) is 15.3. The fourth-order valence-electron chi connectivity index (χ4n) is 6.40. The van der Waals surface area contributed by atoms with E-state index in [2.05, 4.69) is 0 Å². The Morgan fingerprint density at radius 3 is 1.55 bits per heavy atom. The maximum Gasteiger partial charge on any atom is 0.424 e. The number of rotatable bonds is 7. The van der Waals surface area contributed by atoms with E-state index in [1.165, 1.54) is 9.13 Å². The first kappa shape index (κ1) is 31.3. The van der Waals surface area contributed by atoms with Crippen molar-refractivity contribution in [3.05, 3.63) is 84.9 Å². The fourth-order valence-corrected chi connectivity index (χ4v) is 6.40. The van der Waals surface area contributed by atoms with Crippen LogP contribution in [0.1, 0.15) is 0 Å². The summed E-state index contributed by atoms with van der Waals surface area (Å²) in [4.78, 5) is 28.8. The monoisotopic (exact) mass is 659 g/mol. The molecule has 49 heavy (non-hydrogen) atoms. The molecule has 0 saturated carbocycles. The van der Waals surface area contributed by atoms with Gasteiger partial charge in [-0.2, -0.15) is 0 Å². The van der Waals surface area contributed by atoms with Gasteiger partial charge in [-0.25, -0.2) is 18.7 Å². The first-order chi connectivity index (χ1) is 23.6. The van der Waals surface area contributed by atoms with Crippen molar-refractivity contribution in [3.8, 4) is 39.9 Å². The topological polar surface area (TPSA) is 114 Å². The molecule has 2 heterocycles. The molecule has 0 aliphatic rings. The number of anilines is 1. The minimum absolute atomic E-state index is 0.263. The predicted octanol–water partition coefficient (Wildman–Crippen LogP) is 8.24. The van der Waals surface area contributed by atoms with Gasteiger partial charge in [-0.1, -0.05) is 0 Å². The van der Waals surface area contributed by atoms with Crippen molar-refractivity contribution in [2.24, 2.45) is 0 Å². The SMILES string of the molecule is COc1ccc2c(c1)c1cc(OC)ccc1n2C(=O)Oc1cc(-c2cc(OC)cc3c4cc(OC)ccc4n(C(=O)O)c23)cc(N(C)C)c1. The van der Waals surface area contributed by atoms with Crippen LogP contribution < -0.4 is 28.6 Å². The van der Waals surface area contributed by atoms with Crippen LogP contribution in [0.15, 0.2) is 84.9 Å². The Bertz CT molecular complexity index is 2400. The molecule has 0 spiro atoms. The molecule has 1 N–H and O–H groups in total. The fraction of sp³-hybridized carbons (Fsp3) is 0.158. The number of nitrogens with zero attached hydrogens (tertiary/aromatic N) is 3. The van der Waals surface area contributed by atoms with Gasteiger partial charge in [0.1, 0.15) is 28.7 Å². The smallest absolute Gasteiger partial charge is 0.424 e. The standard InChI is InChI=1S/C38H33N3O8/c1-39(2)22-13-21(28-19-26(48-6)20-32-31-18-25(47-5)9-12-35(31)41(36(28)32)37(42)43)14-27(15-22)49-38(44)40-33-10-7-23(45-3)16-29(33)30-17-24(46-4)8-11-34(30)40/h7-20H,1-6H3,(H,42,43). The normalized spacial score (nSPS) is 11.3. The number of hydrogen-bond donors (Lipinski definition) is 1. The van der Waals surface area contributed by atoms with Gasteiger partial charge in [0.05, 0.1) is 50.5 Å². The van der Waals surface area contributed by atoms with E-state index in [4.69, 9.17) is 23.7 Å². The zero-order chi connectivity index (χ0) is 34.6. The minimum Gasteiger partial charge on any atom is -0.497 e. The number of carbonyl (C=O) groups is 2. The molecule has 0 aliphatic heterocycles. The number of aromatic nitrogens is 2. The lowest BCUT2D eigenvalue weighted by Gasteiger charge is -2.18. The summed E-state index contributed by atoms with van der Waals surface area (Å²) >= 11 is 0. The minimum atomic E-state index is -1.15. The molecule has 0 amide bonds. The zero-order valence-corrected chi connectivity index (χ0v) is 27.7. The lowest BCUT2D eigenvalue weighted by molar-refractivity contribution is 0.198. The van der Waals surface area contributed by atoms with E-state index in [0.717, 1.165) is 16.5 Å². The second-order valence-corrected chi connectivity index (χ2v) is 11.7. The van der Waals surface area contributed by atoms with Gasteiger partial charge < -0.3 is 33.7 Å². The van der Waals surface area contributed by atoms with Crippen molar-refractivity contribution in [3.63, 3.8) is 0 Å². The second-order valence-electron chi connectivity index (χ2n) is 11.7. The van der Waals surface area contributed by atoms with E-state index in [-0.39, 0.29) is 5.75 Å². The third kappa shape index (κ3) is 5.16. The van der Waals surface area contributed by atoms with Crippen LogP contribution in [0.2, 0.25) is 0 Å². The Morgan fingerprint density at radius 2 is 1.06 bits per heavy atom. The van der Waals surface area contributed by atoms with Crippen LogP contribution in [0, 0.1) is 0 Å². The maximum absolute atomic E-state index is 14.1. The zero-order valence-electron chi connectivity index (χ0n) is 27.7. The van der Waals surface area contributed by atoms with Gasteiger partial charge in [0.25, 0.3) is 0 Å². The van der Waals surface area contributed by atoms with E-state index in [0.29, 0.717) is 67.0 Å². The molecule has 5 aromatic carbocycles. The van der Waals surface area contributed by atoms with Gasteiger partial charge in [0, 0.05) is 53.0 Å². The van der Waals surface area contributed by atoms with E-state index in [1.54, 1.807) is 77.0 Å². The molecule has 0 atom stereocenters. The third-order valence-electron chi connectivity index (χ3n) is 8.75. The van der Waals surface area contributed by atoms with E-state index < -0.39 is 12.2 Å². The Kier molecular flexibility index (Phi) is 7.67. The van der Waals surface area contributed by atoms with Crippen molar-refractivity contribution in [1.29, 1.82) is 0 Å². The van der Waals surface area contributed by atoms with Gasteiger partial charge >= 0.3 is 12.2 Å². The molecule has 0 aliphatic carbocycles. The van der Waals surface area contributed by atoms with Crippen LogP contribution in [-0.2, 0) is 0 Å². The van der Waals surface area contributed by atoms with Crippen LogP contribution in [0.4, 0.5) is 15.3 Å². The molecule has 7 rings (SSSR count). The molecule has 0 radical (unpaired) electrons. The quantitative estimate of drug-likeness (QED) is 0.181. The predicted molar refractivity (Wildman–Crippen MR) is 190 cm³/mol. The van der Waals surface area contributed by atoms with Crippen LogP contribution in [0.5, 0.6) is 28.7 Å². The van der Waals surface area contributed by atoms with Gasteiger partial charge in [0.15, 0.2) is 0 Å². The molecule has 0 saturated heterocycles. The van der Waals surface area contributed by atoms with Gasteiger partial charge in [-0.05, 0) is 84.4 Å². The summed E-state index contributed by atoms with van der Waals surface area (Å²) in [6.45, 7) is 0. The molecule has 2 aromatic heterocycles. The number of carbonyl (C=O) groups excluding carboxylic acids is 1. The molecule has 0 fully saturated rings. The van der Waals surface area contributed by atoms with Gasteiger partial charge in [0.2, 0.25) is 0 Å². The number of hydrogen-bond acceptors (Lipinski definition) is 8. The van der Waals surface area contributed by atoms with Crippen molar-refractivity contribution in [1.82, 2.24) is 9.13 Å². The average Bonchev–Trinajstić information content (AvgIpc) is 3.62. The summed E-state index contributed by atoms with van der Waals surface area (Å²) in [6.07, 6.45) is -1.77. The Balaban J connectivity index is 1.43. The van der Waals surface area contributed by atoms with Crippen LogP contribution >= 0.6 is 0 Å². The number of carboxylic acid groups (broad SMARTS) is 1. The van der Waals surface area contributed by atoms with E-state index >= 15 is 0 Å². The van der Waals surface area contributed by atoms with Crippen molar-refractivity contribution in [2.75, 3.05) is 47.4 Å². The first-order valence-electron chi connectivity index (χ1n) is 15.3.